The van der Waals surface area contributed by atoms with Crippen LogP contribution in [0.1, 0.15) is 22.3 Å². The Labute approximate surface area is 305 Å². The monoisotopic (exact) mass is 774 g/mol. The van der Waals surface area contributed by atoms with Gasteiger partial charge in [0.2, 0.25) is 11.6 Å². The highest BCUT2D eigenvalue weighted by Gasteiger charge is 2.35. The molecule has 2 aliphatic carbocycles. The second-order valence-corrected chi connectivity index (χ2v) is 13.5. The summed E-state index contributed by atoms with van der Waals surface area (Å²) >= 11 is 0.413. The van der Waals surface area contributed by atoms with Crippen LogP contribution in [0.2, 0.25) is 0 Å². The first-order chi connectivity index (χ1) is 25.8. The van der Waals surface area contributed by atoms with E-state index in [1.165, 1.54) is 42.5 Å². The quantitative estimate of drug-likeness (QED) is 0.0765. The van der Waals surface area contributed by atoms with Crippen LogP contribution in [-0.4, -0.2) is 0 Å². The third kappa shape index (κ3) is 5.22. The number of hydrogen-bond donors (Lipinski definition) is 0. The van der Waals surface area contributed by atoms with Gasteiger partial charge in [0.15, 0.2) is 46.5 Å². The van der Waals surface area contributed by atoms with E-state index in [0.717, 1.165) is 0 Å². The van der Waals surface area contributed by atoms with Crippen LogP contribution in [0, 0.1) is 103 Å². The van der Waals surface area contributed by atoms with Crippen molar-refractivity contribution in [2.75, 3.05) is 0 Å². The average Bonchev–Trinajstić information content (AvgIpc) is 3.66. The van der Waals surface area contributed by atoms with Gasteiger partial charge < -0.3 is 0 Å². The molecule has 262 valence electrons. The number of halogens is 10. The van der Waals surface area contributed by atoms with Crippen molar-refractivity contribution in [3.05, 3.63) is 140 Å². The fraction of sp³-hybridized carbons (Fsp3) is 0. The predicted octanol–water partition coefficient (Wildman–Crippen LogP) is 11.0. The molecule has 5 aromatic carbocycles. The number of benzene rings is 5. The molecule has 0 amide bonds. The molecule has 0 aliphatic heterocycles. The van der Waals surface area contributed by atoms with Gasteiger partial charge in [-0.2, -0.15) is 21.0 Å². The maximum Gasteiger partial charge on any atom is 0.200 e. The minimum atomic E-state index is -2.34. The topological polar surface area (TPSA) is 95.2 Å². The van der Waals surface area contributed by atoms with Crippen molar-refractivity contribution in [2.24, 2.45) is 0 Å². The SMILES string of the molecule is N#CC(C#N)=C1c2cc(Sc3c(F)c(F)c(F)c(F)c3F)ccc2-c2cc3c(cc21)C(=C(C#N)C#N)c1cc(Sc2c(F)c(F)c(F)c(F)c2F)ccc1-3. The fourth-order valence-electron chi connectivity index (χ4n) is 6.20. The number of hydrogen-bond acceptors (Lipinski definition) is 6. The Kier molecular flexibility index (Phi) is 8.77. The third-order valence-corrected chi connectivity index (χ3v) is 10.6. The Morgan fingerprint density at radius 2 is 0.630 bits per heavy atom. The van der Waals surface area contributed by atoms with E-state index >= 15 is 0 Å². The molecule has 0 bridgehead atoms. The number of nitriles is 4. The summed E-state index contributed by atoms with van der Waals surface area (Å²) in [6, 6.07) is 18.2. The molecule has 2 aliphatic rings. The third-order valence-electron chi connectivity index (χ3n) is 8.52. The maximum atomic E-state index is 14.6. The molecule has 0 saturated heterocycles. The Balaban J connectivity index is 1.40. The Bertz CT molecular complexity index is 2560. The van der Waals surface area contributed by atoms with Crippen LogP contribution < -0.4 is 0 Å². The normalized spacial score (nSPS) is 11.9. The van der Waals surface area contributed by atoms with Crippen LogP contribution >= 0.6 is 23.5 Å². The molecule has 5 aromatic rings. The number of allylic oxidation sites excluding steroid dienone is 2. The highest BCUT2D eigenvalue weighted by Crippen LogP contribution is 2.55. The van der Waals surface area contributed by atoms with E-state index in [2.05, 4.69) is 0 Å². The molecule has 0 atom stereocenters. The first-order valence-electron chi connectivity index (χ1n) is 14.7. The minimum Gasteiger partial charge on any atom is -0.202 e. The summed E-state index contributed by atoms with van der Waals surface area (Å²) in [6.45, 7) is 0. The summed E-state index contributed by atoms with van der Waals surface area (Å²) in [6.07, 6.45) is 0. The second-order valence-electron chi connectivity index (χ2n) is 11.3. The second kappa shape index (κ2) is 13.2. The van der Waals surface area contributed by atoms with E-state index in [0.29, 0.717) is 22.3 Å². The van der Waals surface area contributed by atoms with E-state index < -0.39 is 79.1 Å². The smallest absolute Gasteiger partial charge is 0.200 e. The van der Waals surface area contributed by atoms with Gasteiger partial charge in [-0.25, -0.2) is 43.9 Å². The van der Waals surface area contributed by atoms with Crippen molar-refractivity contribution in [3.63, 3.8) is 0 Å². The van der Waals surface area contributed by atoms with Gasteiger partial charge in [-0.05, 0) is 80.9 Å². The molecule has 0 radical (unpaired) electrons. The molecule has 16 heteroatoms. The zero-order chi connectivity index (χ0) is 38.9. The van der Waals surface area contributed by atoms with Crippen molar-refractivity contribution in [1.82, 2.24) is 0 Å². The molecule has 7 rings (SSSR count). The van der Waals surface area contributed by atoms with Crippen molar-refractivity contribution in [2.45, 2.75) is 19.6 Å². The van der Waals surface area contributed by atoms with Gasteiger partial charge in [0.25, 0.3) is 0 Å². The molecule has 4 nitrogen and oxygen atoms in total. The van der Waals surface area contributed by atoms with Crippen LogP contribution in [0.3, 0.4) is 0 Å². The van der Waals surface area contributed by atoms with Gasteiger partial charge in [-0.3, -0.25) is 0 Å². The summed E-state index contributed by atoms with van der Waals surface area (Å²) in [5.41, 5.74) is 1.39. The van der Waals surface area contributed by atoms with Crippen molar-refractivity contribution in [1.29, 1.82) is 21.0 Å². The van der Waals surface area contributed by atoms with Gasteiger partial charge >= 0.3 is 0 Å². The van der Waals surface area contributed by atoms with Gasteiger partial charge in [0, 0.05) is 20.9 Å². The van der Waals surface area contributed by atoms with Gasteiger partial charge in [-0.15, -0.1) is 0 Å². The van der Waals surface area contributed by atoms with Crippen LogP contribution in [0.25, 0.3) is 33.4 Å². The molecule has 54 heavy (non-hydrogen) atoms. The van der Waals surface area contributed by atoms with E-state index in [9.17, 15) is 65.0 Å². The fourth-order valence-corrected chi connectivity index (χ4v) is 8.02. The van der Waals surface area contributed by atoms with Crippen molar-refractivity contribution >= 4 is 34.7 Å². The minimum absolute atomic E-state index is 0.000917. The molecule has 0 heterocycles. The van der Waals surface area contributed by atoms with E-state index in [1.807, 2.05) is 0 Å². The number of fused-ring (bicyclic) bond motifs is 6. The average molecular weight is 775 g/mol. The van der Waals surface area contributed by atoms with Gasteiger partial charge in [-0.1, -0.05) is 35.7 Å². The van der Waals surface area contributed by atoms with Crippen LogP contribution in [-0.2, 0) is 0 Å². The maximum absolute atomic E-state index is 14.6. The summed E-state index contributed by atoms with van der Waals surface area (Å²) in [4.78, 5) is -2.47. The molecule has 0 aromatic heterocycles. The summed E-state index contributed by atoms with van der Waals surface area (Å²) in [5, 5.41) is 39.7. The lowest BCUT2D eigenvalue weighted by molar-refractivity contribution is 0.361. The predicted molar refractivity (Wildman–Crippen MR) is 173 cm³/mol. The van der Waals surface area contributed by atoms with Crippen molar-refractivity contribution in [3.8, 4) is 46.5 Å². The van der Waals surface area contributed by atoms with Crippen LogP contribution in [0.15, 0.2) is 79.3 Å². The highest BCUT2D eigenvalue weighted by molar-refractivity contribution is 7.99. The molecule has 0 fully saturated rings. The Morgan fingerprint density at radius 1 is 0.352 bits per heavy atom. The highest BCUT2D eigenvalue weighted by atomic mass is 32.2. The standard InChI is InChI=1S/C38H8F10N4S2/c39-27-29(41)33(45)37(34(46)30(27)42)53-15-1-3-17-19-7-20-18-4-2-16(54-38-35(47)31(43)28(40)32(44)36(38)48)6-22(18)26(14(11-51)12-52)24(20)8-23(19)25(21(17)5-15)13(9-49)10-50/h1-8H. The van der Waals surface area contributed by atoms with Crippen molar-refractivity contribution < 1.29 is 43.9 Å². The lowest BCUT2D eigenvalue weighted by Gasteiger charge is -2.10. The lowest BCUT2D eigenvalue weighted by atomic mass is 9.93. The first-order valence-corrected chi connectivity index (χ1v) is 16.4. The summed E-state index contributed by atoms with van der Waals surface area (Å²) in [5.74, 6) is -21.6. The summed E-state index contributed by atoms with van der Waals surface area (Å²) in [7, 11) is 0. The van der Waals surface area contributed by atoms with Crippen LogP contribution in [0.5, 0.6) is 0 Å². The summed E-state index contributed by atoms with van der Waals surface area (Å²) < 4.78 is 141. The van der Waals surface area contributed by atoms with E-state index in [1.54, 1.807) is 30.3 Å². The van der Waals surface area contributed by atoms with E-state index in [-0.39, 0.29) is 66.7 Å². The lowest BCUT2D eigenvalue weighted by Crippen LogP contribution is -2.03. The molecule has 0 N–H and O–H groups in total. The Hall–Kier alpha value is -6.46. The molecule has 0 spiro atoms. The van der Waals surface area contributed by atoms with E-state index in [4.69, 9.17) is 0 Å². The number of rotatable bonds is 4. The molecular formula is C38H8F10N4S2. The molecule has 0 unspecified atom stereocenters. The van der Waals surface area contributed by atoms with Gasteiger partial charge in [0.05, 0.1) is 9.79 Å². The zero-order valence-electron chi connectivity index (χ0n) is 26.0. The zero-order valence-corrected chi connectivity index (χ0v) is 27.6. The molecular weight excluding hydrogens is 767 g/mol. The molecule has 0 saturated carbocycles. The number of nitrogens with zero attached hydrogens (tertiary/aromatic N) is 4. The first kappa shape index (κ1) is 35.9. The Morgan fingerprint density at radius 3 is 0.944 bits per heavy atom. The van der Waals surface area contributed by atoms with Crippen LogP contribution in [0.4, 0.5) is 43.9 Å². The van der Waals surface area contributed by atoms with Gasteiger partial charge in [0.1, 0.15) is 35.4 Å². The largest absolute Gasteiger partial charge is 0.202 e.